The molecule has 1 unspecified atom stereocenters. The zero-order valence-electron chi connectivity index (χ0n) is 16.2. The summed E-state index contributed by atoms with van der Waals surface area (Å²) >= 11 is 0.414. The Kier molecular flexibility index (Phi) is 5.07. The van der Waals surface area contributed by atoms with Crippen molar-refractivity contribution in [3.63, 3.8) is 0 Å². The van der Waals surface area contributed by atoms with Gasteiger partial charge in [-0.05, 0) is 0 Å². The number of benzene rings is 2. The molecule has 1 aliphatic heterocycles. The molecule has 1 atom stereocenters. The van der Waals surface area contributed by atoms with Crippen molar-refractivity contribution >= 4 is 26.5 Å². The molecule has 0 radical (unpaired) electrons. The van der Waals surface area contributed by atoms with Gasteiger partial charge in [-0.1, -0.05) is 0 Å². The first kappa shape index (κ1) is 19.0. The fraction of sp³-hybridized carbons (Fsp3) is 0.217. The zero-order chi connectivity index (χ0) is 20.5. The number of carbonyl (C=O) groups is 2. The van der Waals surface area contributed by atoms with Crippen LogP contribution in [0.15, 0.2) is 72.1 Å². The van der Waals surface area contributed by atoms with E-state index in [1.165, 1.54) is 5.56 Å². The van der Waals surface area contributed by atoms with Crippen molar-refractivity contribution in [2.75, 3.05) is 0 Å². The van der Waals surface area contributed by atoms with E-state index in [1.54, 1.807) is 28.9 Å². The number of hydrogen-bond acceptors (Lipinski definition) is 5. The number of nitrogens with zero attached hydrogens (tertiary/aromatic N) is 3. The van der Waals surface area contributed by atoms with Gasteiger partial charge >= 0.3 is 180 Å². The second-order valence-electron chi connectivity index (χ2n) is 7.37. The average molecular weight is 464 g/mol. The van der Waals surface area contributed by atoms with Gasteiger partial charge in [0.05, 0.1) is 0 Å². The number of fused-ring (bicyclic) bond motifs is 1. The second-order valence-corrected chi connectivity index (χ2v) is 9.43. The fourth-order valence-corrected chi connectivity index (χ4v) is 5.63. The minimum atomic E-state index is -0.290. The van der Waals surface area contributed by atoms with Crippen molar-refractivity contribution in [3.8, 4) is 0 Å². The quantitative estimate of drug-likeness (QED) is 0.525. The molecular formula is C23H19N3O3Se. The van der Waals surface area contributed by atoms with Gasteiger partial charge in [-0.15, -0.1) is 0 Å². The van der Waals surface area contributed by atoms with E-state index in [1.807, 2.05) is 12.3 Å². The molecule has 150 valence electrons. The van der Waals surface area contributed by atoms with Gasteiger partial charge in [0.2, 0.25) is 0 Å². The van der Waals surface area contributed by atoms with E-state index in [0.29, 0.717) is 44.6 Å². The molecule has 0 saturated carbocycles. The Balaban J connectivity index is 1.20. The molecule has 2 aliphatic rings. The van der Waals surface area contributed by atoms with Crippen LogP contribution in [0.1, 0.15) is 38.4 Å². The molecule has 0 amide bonds. The molecule has 30 heavy (non-hydrogen) atoms. The number of Topliss-reactive ketones (excluding diaryl/α,β-unsaturated/α-hetero) is 2. The fourth-order valence-electron chi connectivity index (χ4n) is 3.80. The van der Waals surface area contributed by atoms with Crippen molar-refractivity contribution in [2.24, 2.45) is 0 Å². The maximum atomic E-state index is 12.8. The third-order valence-corrected chi connectivity index (χ3v) is 7.40. The molecule has 1 aromatic heterocycles. The third kappa shape index (κ3) is 3.62. The molecule has 3 aromatic rings. The number of allylic oxidation sites excluding steroid dienone is 1. The molecule has 2 heterocycles. The van der Waals surface area contributed by atoms with E-state index in [2.05, 4.69) is 34.6 Å². The van der Waals surface area contributed by atoms with Crippen molar-refractivity contribution in [2.45, 2.75) is 29.7 Å². The summed E-state index contributed by atoms with van der Waals surface area (Å²) in [4.78, 5) is 25.5. The van der Waals surface area contributed by atoms with Crippen molar-refractivity contribution in [1.82, 2.24) is 15.0 Å². The van der Waals surface area contributed by atoms with E-state index >= 15 is 0 Å². The number of carbonyl (C=O) groups excluding carboxylic acids is 2. The predicted molar refractivity (Wildman–Crippen MR) is 111 cm³/mol. The summed E-state index contributed by atoms with van der Waals surface area (Å²) in [6.45, 7) is 0.461. The Morgan fingerprint density at radius 1 is 0.967 bits per heavy atom. The monoisotopic (exact) mass is 465 g/mol. The Hall–Kier alpha value is -3.02. The average Bonchev–Trinajstić information content (AvgIpc) is 3.40. The van der Waals surface area contributed by atoms with Gasteiger partial charge in [0.1, 0.15) is 0 Å². The number of ether oxygens (including phenoxy) is 1. The van der Waals surface area contributed by atoms with E-state index in [0.717, 1.165) is 16.3 Å². The molecule has 5 rings (SSSR count). The van der Waals surface area contributed by atoms with Crippen molar-refractivity contribution in [3.05, 3.63) is 94.5 Å². The van der Waals surface area contributed by atoms with Crippen LogP contribution >= 0.6 is 0 Å². The number of aromatic nitrogens is 3. The van der Waals surface area contributed by atoms with Gasteiger partial charge in [0, 0.05) is 0 Å². The maximum absolute atomic E-state index is 12.8. The van der Waals surface area contributed by atoms with Crippen LogP contribution in [-0.4, -0.2) is 47.6 Å². The van der Waals surface area contributed by atoms with E-state index in [4.69, 9.17) is 4.74 Å². The first-order valence-corrected chi connectivity index (χ1v) is 12.2. The number of ketones is 2. The SMILES string of the molecule is O=C1C2=C(OC(Cn3cc(C[Se]Cc4ccccc4)nn3)C2)C(=O)c2ccccc21. The molecule has 0 N–H and O–H groups in total. The summed E-state index contributed by atoms with van der Waals surface area (Å²) < 4.78 is 7.63. The van der Waals surface area contributed by atoms with Crippen LogP contribution in [0.5, 0.6) is 0 Å². The van der Waals surface area contributed by atoms with Crippen LogP contribution in [0.2, 0.25) is 0 Å². The third-order valence-electron chi connectivity index (χ3n) is 5.23. The Morgan fingerprint density at radius 3 is 2.50 bits per heavy atom. The molecular weight excluding hydrogens is 445 g/mol. The zero-order valence-corrected chi connectivity index (χ0v) is 17.9. The first-order valence-electron chi connectivity index (χ1n) is 9.78. The topological polar surface area (TPSA) is 74.1 Å². The van der Waals surface area contributed by atoms with Crippen molar-refractivity contribution in [1.29, 1.82) is 0 Å². The van der Waals surface area contributed by atoms with E-state index < -0.39 is 0 Å². The molecule has 2 aromatic carbocycles. The van der Waals surface area contributed by atoms with Gasteiger partial charge in [-0.3, -0.25) is 0 Å². The first-order chi connectivity index (χ1) is 14.7. The normalized spacial score (nSPS) is 17.7. The van der Waals surface area contributed by atoms with Crippen LogP contribution < -0.4 is 0 Å². The molecule has 0 spiro atoms. The van der Waals surface area contributed by atoms with Crippen molar-refractivity contribution < 1.29 is 14.3 Å². The summed E-state index contributed by atoms with van der Waals surface area (Å²) in [7, 11) is 0. The molecule has 7 heteroatoms. The Bertz CT molecular complexity index is 1110. The Morgan fingerprint density at radius 2 is 1.70 bits per heavy atom. The van der Waals surface area contributed by atoms with Crippen LogP contribution in [-0.2, 0) is 21.9 Å². The van der Waals surface area contributed by atoms with E-state index in [-0.39, 0.29) is 23.4 Å². The van der Waals surface area contributed by atoms with Gasteiger partial charge in [0.15, 0.2) is 0 Å². The summed E-state index contributed by atoms with van der Waals surface area (Å²) in [5.74, 6) is -0.105. The predicted octanol–water partition coefficient (Wildman–Crippen LogP) is 2.80. The van der Waals surface area contributed by atoms with Crippen LogP contribution in [0.4, 0.5) is 0 Å². The molecule has 1 aliphatic carbocycles. The van der Waals surface area contributed by atoms with Gasteiger partial charge in [0.25, 0.3) is 0 Å². The Labute approximate surface area is 180 Å². The molecule has 6 nitrogen and oxygen atoms in total. The summed E-state index contributed by atoms with van der Waals surface area (Å²) in [6.07, 6.45) is 2.06. The van der Waals surface area contributed by atoms with Crippen LogP contribution in [0.25, 0.3) is 0 Å². The van der Waals surface area contributed by atoms with Gasteiger partial charge < -0.3 is 0 Å². The van der Waals surface area contributed by atoms with Crippen LogP contribution in [0, 0.1) is 0 Å². The van der Waals surface area contributed by atoms with E-state index in [9.17, 15) is 9.59 Å². The van der Waals surface area contributed by atoms with Gasteiger partial charge in [-0.25, -0.2) is 0 Å². The minimum absolute atomic E-state index is 0.106. The molecule has 0 saturated heterocycles. The number of hydrogen-bond donors (Lipinski definition) is 0. The van der Waals surface area contributed by atoms with Gasteiger partial charge in [-0.2, -0.15) is 0 Å². The van der Waals surface area contributed by atoms with Crippen LogP contribution in [0.3, 0.4) is 0 Å². The summed E-state index contributed by atoms with van der Waals surface area (Å²) in [6, 6.07) is 17.4. The standard InChI is InChI=1S/C23H19N3O3Se/c27-21-18-8-4-5-9-19(18)22(28)23-20(21)10-17(29-23)12-26-11-16(24-25-26)14-30-13-15-6-2-1-3-7-15/h1-9,11,17H,10,12-14H2. The second kappa shape index (κ2) is 8.01. The summed E-state index contributed by atoms with van der Waals surface area (Å²) in [5, 5.41) is 10.5. The summed E-state index contributed by atoms with van der Waals surface area (Å²) in [5.41, 5.74) is 3.67. The molecule has 0 fully saturated rings. The molecule has 0 bridgehead atoms. The number of rotatable bonds is 6.